The molecule has 0 aromatic rings. The quantitative estimate of drug-likeness (QED) is 0.318. The molecule has 3 heteroatoms. The summed E-state index contributed by atoms with van der Waals surface area (Å²) in [6.07, 6.45) is 1.84. The third kappa shape index (κ3) is 4.88. The summed E-state index contributed by atoms with van der Waals surface area (Å²) >= 11 is 0. The smallest absolute Gasteiger partial charge is 0.212 e. The third-order valence-electron chi connectivity index (χ3n) is 0.428. The summed E-state index contributed by atoms with van der Waals surface area (Å²) < 4.78 is 0. The molecule has 0 spiro atoms. The molecule has 0 aliphatic heterocycles. The van der Waals surface area contributed by atoms with Crippen LogP contribution >= 0.6 is 0 Å². The van der Waals surface area contributed by atoms with Crippen LogP contribution in [0.3, 0.4) is 0 Å². The number of carbonyl (C=O) groups excluding carboxylic acids is 1. The van der Waals surface area contributed by atoms with Crippen molar-refractivity contribution in [1.82, 2.24) is 5.32 Å². The molecular formula is C5H8N2O. The summed E-state index contributed by atoms with van der Waals surface area (Å²) in [4.78, 5) is 13.2. The number of rotatable bonds is 3. The molecule has 0 unspecified atom stereocenters. The van der Waals surface area contributed by atoms with Crippen molar-refractivity contribution < 1.29 is 4.79 Å². The molecule has 0 saturated heterocycles. The number of hydrogen-bond donors (Lipinski definition) is 1. The van der Waals surface area contributed by atoms with Crippen molar-refractivity contribution in [3.05, 3.63) is 12.3 Å². The lowest BCUT2D eigenvalue weighted by Crippen LogP contribution is -2.05. The van der Waals surface area contributed by atoms with Gasteiger partial charge < -0.3 is 5.32 Å². The first-order valence-corrected chi connectivity index (χ1v) is 2.15. The van der Waals surface area contributed by atoms with Crippen molar-refractivity contribution in [3.8, 4) is 0 Å². The molecule has 1 N–H and O–H groups in total. The summed E-state index contributed by atoms with van der Waals surface area (Å²) in [5, 5.41) is 2.25. The zero-order valence-electron chi connectivity index (χ0n) is 4.72. The fourth-order valence-corrected chi connectivity index (χ4v) is 0.178. The highest BCUT2D eigenvalue weighted by atomic mass is 16.1. The molecule has 0 aliphatic rings. The van der Waals surface area contributed by atoms with Crippen molar-refractivity contribution >= 4 is 12.7 Å². The van der Waals surface area contributed by atoms with Crippen molar-refractivity contribution in [3.63, 3.8) is 0 Å². The van der Waals surface area contributed by atoms with Crippen LogP contribution in [0.2, 0.25) is 0 Å². The molecule has 0 heterocycles. The third-order valence-corrected chi connectivity index (χ3v) is 0.428. The predicted molar refractivity (Wildman–Crippen MR) is 32.5 cm³/mol. The molecule has 0 radical (unpaired) electrons. The molecule has 0 saturated carbocycles. The van der Waals surface area contributed by atoms with Crippen LogP contribution in [0, 0.1) is 0 Å². The minimum Gasteiger partial charge on any atom is -0.319 e. The van der Waals surface area contributed by atoms with Crippen molar-refractivity contribution in [2.24, 2.45) is 4.99 Å². The molecule has 3 nitrogen and oxygen atoms in total. The highest BCUT2D eigenvalue weighted by Crippen LogP contribution is 1.82. The molecule has 44 valence electrons. The molecule has 0 bridgehead atoms. The molecule has 0 fully saturated rings. The monoisotopic (exact) mass is 112 g/mol. The molecule has 0 rings (SSSR count). The minimum atomic E-state index is 0.548. The van der Waals surface area contributed by atoms with Gasteiger partial charge in [-0.1, -0.05) is 6.58 Å². The molecule has 0 aliphatic carbocycles. The first-order valence-electron chi connectivity index (χ1n) is 2.15. The largest absolute Gasteiger partial charge is 0.319 e. The summed E-state index contributed by atoms with van der Waals surface area (Å²) in [7, 11) is 0. The van der Waals surface area contributed by atoms with E-state index >= 15 is 0 Å². The van der Waals surface area contributed by atoms with Gasteiger partial charge in [0.2, 0.25) is 6.41 Å². The number of amides is 1. The molecule has 0 aromatic heterocycles. The lowest BCUT2D eigenvalue weighted by Gasteiger charge is -1.82. The summed E-state index contributed by atoms with van der Waals surface area (Å²) in [6.45, 7) is 5.21. The van der Waals surface area contributed by atoms with Crippen LogP contribution < -0.4 is 5.32 Å². The van der Waals surface area contributed by atoms with Crippen molar-refractivity contribution in [1.29, 1.82) is 0 Å². The van der Waals surface area contributed by atoms with Gasteiger partial charge in [0.15, 0.2) is 0 Å². The fraction of sp³-hybridized carbons (Fsp3) is 0.200. The number of aliphatic imine (C=N–C) groups is 1. The molecule has 1 amide bonds. The Labute approximate surface area is 48.1 Å². The van der Waals surface area contributed by atoms with E-state index in [4.69, 9.17) is 0 Å². The van der Waals surface area contributed by atoms with Gasteiger partial charge in [0.05, 0.1) is 6.34 Å². The van der Waals surface area contributed by atoms with E-state index in [0.717, 1.165) is 0 Å². The molecule has 0 atom stereocenters. The average molecular weight is 112 g/mol. The van der Waals surface area contributed by atoms with Crippen LogP contribution in [0.15, 0.2) is 17.3 Å². The van der Waals surface area contributed by atoms with Crippen LogP contribution in [-0.4, -0.2) is 12.7 Å². The standard InChI is InChI=1S/C5H8N2O/c1-5(2)7-3-6-4-8/h3-4H,1H2,2H3,(H,6,7,8). The lowest BCUT2D eigenvalue weighted by molar-refractivity contribution is -0.108. The van der Waals surface area contributed by atoms with Gasteiger partial charge >= 0.3 is 0 Å². The highest BCUT2D eigenvalue weighted by Gasteiger charge is 1.69. The zero-order chi connectivity index (χ0) is 6.41. The van der Waals surface area contributed by atoms with Gasteiger partial charge in [-0.2, -0.15) is 0 Å². The number of carbonyl (C=O) groups is 1. The second-order valence-electron chi connectivity index (χ2n) is 1.28. The van der Waals surface area contributed by atoms with E-state index in [9.17, 15) is 4.79 Å². The maximum absolute atomic E-state index is 9.55. The second kappa shape index (κ2) is 4.05. The molecular weight excluding hydrogens is 104 g/mol. The SMILES string of the molecule is C=C(C)N=CNC=O. The highest BCUT2D eigenvalue weighted by molar-refractivity contribution is 5.72. The minimum absolute atomic E-state index is 0.548. The van der Waals surface area contributed by atoms with Gasteiger partial charge in [0.25, 0.3) is 0 Å². The average Bonchev–Trinajstić information content (AvgIpc) is 1.66. The van der Waals surface area contributed by atoms with Crippen molar-refractivity contribution in [2.75, 3.05) is 0 Å². The number of allylic oxidation sites excluding steroid dienone is 1. The summed E-state index contributed by atoms with van der Waals surface area (Å²) in [5.41, 5.74) is 0.666. The maximum Gasteiger partial charge on any atom is 0.212 e. The Morgan fingerprint density at radius 3 is 2.88 bits per heavy atom. The zero-order valence-corrected chi connectivity index (χ0v) is 4.72. The summed E-state index contributed by atoms with van der Waals surface area (Å²) in [5.74, 6) is 0. The van der Waals surface area contributed by atoms with Gasteiger partial charge in [-0.15, -0.1) is 0 Å². The van der Waals surface area contributed by atoms with E-state index in [1.165, 1.54) is 6.34 Å². The summed E-state index contributed by atoms with van der Waals surface area (Å²) in [6, 6.07) is 0. The lowest BCUT2D eigenvalue weighted by atomic mass is 10.6. The Kier molecular flexibility index (Phi) is 3.48. The van der Waals surface area contributed by atoms with Gasteiger partial charge in [0, 0.05) is 5.70 Å². The van der Waals surface area contributed by atoms with Crippen LogP contribution in [-0.2, 0) is 4.79 Å². The van der Waals surface area contributed by atoms with Crippen LogP contribution in [0.4, 0.5) is 0 Å². The Morgan fingerprint density at radius 2 is 2.50 bits per heavy atom. The first-order chi connectivity index (χ1) is 3.77. The Bertz CT molecular complexity index is 118. The van der Waals surface area contributed by atoms with Gasteiger partial charge in [0.1, 0.15) is 0 Å². The Balaban J connectivity index is 3.34. The predicted octanol–water partition coefficient (Wildman–Crippen LogP) is 0.294. The Hall–Kier alpha value is -1.12. The van der Waals surface area contributed by atoms with E-state index in [0.29, 0.717) is 12.1 Å². The van der Waals surface area contributed by atoms with Gasteiger partial charge in [-0.05, 0) is 6.92 Å². The van der Waals surface area contributed by atoms with Gasteiger partial charge in [-0.25, -0.2) is 4.99 Å². The topological polar surface area (TPSA) is 41.5 Å². The van der Waals surface area contributed by atoms with Crippen molar-refractivity contribution in [2.45, 2.75) is 6.92 Å². The van der Waals surface area contributed by atoms with E-state index < -0.39 is 0 Å². The first kappa shape index (κ1) is 6.88. The molecule has 0 aromatic carbocycles. The number of nitrogens with one attached hydrogen (secondary N) is 1. The normalized spacial score (nSPS) is 9.12. The second-order valence-corrected chi connectivity index (χ2v) is 1.28. The number of nitrogens with zero attached hydrogens (tertiary/aromatic N) is 1. The number of hydrogen-bond acceptors (Lipinski definition) is 2. The van der Waals surface area contributed by atoms with E-state index in [1.807, 2.05) is 0 Å². The Morgan fingerprint density at radius 1 is 1.88 bits per heavy atom. The van der Waals surface area contributed by atoms with E-state index in [-0.39, 0.29) is 0 Å². The fourth-order valence-electron chi connectivity index (χ4n) is 0.178. The van der Waals surface area contributed by atoms with E-state index in [1.54, 1.807) is 6.92 Å². The van der Waals surface area contributed by atoms with E-state index in [2.05, 4.69) is 16.9 Å². The van der Waals surface area contributed by atoms with Gasteiger partial charge in [-0.3, -0.25) is 4.79 Å². The van der Waals surface area contributed by atoms with Crippen LogP contribution in [0.25, 0.3) is 0 Å². The van der Waals surface area contributed by atoms with Crippen LogP contribution in [0.5, 0.6) is 0 Å². The molecule has 8 heavy (non-hydrogen) atoms. The van der Waals surface area contributed by atoms with Crippen LogP contribution in [0.1, 0.15) is 6.92 Å². The maximum atomic E-state index is 9.55.